The van der Waals surface area contributed by atoms with Gasteiger partial charge < -0.3 is 14.6 Å². The van der Waals surface area contributed by atoms with E-state index in [0.29, 0.717) is 31.1 Å². The zero-order valence-electron chi connectivity index (χ0n) is 13.8. The summed E-state index contributed by atoms with van der Waals surface area (Å²) < 4.78 is 10.4. The van der Waals surface area contributed by atoms with E-state index >= 15 is 0 Å². The minimum Gasteiger partial charge on any atom is -0.380 e. The Morgan fingerprint density at radius 2 is 2.17 bits per heavy atom. The average Bonchev–Trinajstić information content (AvgIpc) is 3.03. The summed E-state index contributed by atoms with van der Waals surface area (Å²) in [5.74, 6) is 0.984. The van der Waals surface area contributed by atoms with Crippen molar-refractivity contribution >= 4 is 5.91 Å². The predicted octanol–water partition coefficient (Wildman–Crippen LogP) is 2.52. The molecule has 0 saturated carbocycles. The monoisotopic (exact) mass is 317 g/mol. The first-order chi connectivity index (χ1) is 11.1. The third-order valence-corrected chi connectivity index (χ3v) is 3.74. The highest BCUT2D eigenvalue weighted by molar-refractivity contribution is 5.76. The van der Waals surface area contributed by atoms with Gasteiger partial charge in [0.1, 0.15) is 0 Å². The smallest absolute Gasteiger partial charge is 0.227 e. The molecule has 0 fully saturated rings. The van der Waals surface area contributed by atoms with Crippen molar-refractivity contribution in [2.75, 3.05) is 13.7 Å². The molecular weight excluding hydrogens is 294 g/mol. The van der Waals surface area contributed by atoms with Crippen LogP contribution in [0.1, 0.15) is 31.2 Å². The normalized spacial score (nSPS) is 12.1. The highest BCUT2D eigenvalue weighted by atomic mass is 16.5. The van der Waals surface area contributed by atoms with E-state index in [0.717, 1.165) is 17.5 Å². The number of nitrogens with one attached hydrogen (secondary N) is 1. The number of carbonyl (C=O) groups excluding carboxylic acids is 1. The van der Waals surface area contributed by atoms with Crippen molar-refractivity contribution < 1.29 is 14.1 Å². The molecule has 0 unspecified atom stereocenters. The first-order valence-corrected chi connectivity index (χ1v) is 7.82. The summed E-state index contributed by atoms with van der Waals surface area (Å²) >= 11 is 0. The lowest BCUT2D eigenvalue weighted by atomic mass is 10.1. The number of benzene rings is 1. The molecule has 6 heteroatoms. The van der Waals surface area contributed by atoms with Crippen LogP contribution in [0.5, 0.6) is 0 Å². The molecule has 0 aliphatic carbocycles. The summed E-state index contributed by atoms with van der Waals surface area (Å²) in [6.45, 7) is 4.54. The highest BCUT2D eigenvalue weighted by Gasteiger charge is 2.12. The van der Waals surface area contributed by atoms with Crippen molar-refractivity contribution in [1.82, 2.24) is 15.5 Å². The molecule has 23 heavy (non-hydrogen) atoms. The van der Waals surface area contributed by atoms with Crippen LogP contribution in [0.15, 0.2) is 28.8 Å². The predicted molar refractivity (Wildman–Crippen MR) is 86.9 cm³/mol. The Morgan fingerprint density at radius 3 is 2.87 bits per heavy atom. The van der Waals surface area contributed by atoms with Crippen LogP contribution in [0.25, 0.3) is 11.4 Å². The van der Waals surface area contributed by atoms with Gasteiger partial charge in [0.2, 0.25) is 17.6 Å². The van der Waals surface area contributed by atoms with E-state index in [-0.39, 0.29) is 12.0 Å². The minimum atomic E-state index is -0.0452. The molecule has 0 bridgehead atoms. The number of hydrogen-bond donors (Lipinski definition) is 1. The fourth-order valence-electron chi connectivity index (χ4n) is 2.22. The van der Waals surface area contributed by atoms with Gasteiger partial charge in [-0.25, -0.2) is 0 Å². The number of nitrogens with zero attached hydrogens (tertiary/aromatic N) is 2. The van der Waals surface area contributed by atoms with E-state index < -0.39 is 0 Å². The van der Waals surface area contributed by atoms with Crippen molar-refractivity contribution in [2.24, 2.45) is 0 Å². The molecule has 1 heterocycles. The Kier molecular flexibility index (Phi) is 6.29. The number of ether oxygens (including phenoxy) is 1. The van der Waals surface area contributed by atoms with Crippen molar-refractivity contribution in [1.29, 1.82) is 0 Å². The number of aryl methyl sites for hydroxylation is 2. The molecule has 1 N–H and O–H groups in total. The van der Waals surface area contributed by atoms with E-state index in [4.69, 9.17) is 9.26 Å². The maximum absolute atomic E-state index is 11.8. The minimum absolute atomic E-state index is 0.0452. The summed E-state index contributed by atoms with van der Waals surface area (Å²) in [4.78, 5) is 16.2. The zero-order chi connectivity index (χ0) is 16.7. The molecule has 1 atom stereocenters. The van der Waals surface area contributed by atoms with Crippen LogP contribution < -0.4 is 5.32 Å². The maximum Gasteiger partial charge on any atom is 0.227 e. The van der Waals surface area contributed by atoms with Gasteiger partial charge in [0.25, 0.3) is 0 Å². The van der Waals surface area contributed by atoms with Gasteiger partial charge in [0.05, 0.1) is 6.10 Å². The van der Waals surface area contributed by atoms with Crippen LogP contribution in [-0.2, 0) is 16.0 Å². The first kappa shape index (κ1) is 17.1. The van der Waals surface area contributed by atoms with Crippen molar-refractivity contribution in [2.45, 2.75) is 39.2 Å². The van der Waals surface area contributed by atoms with E-state index in [9.17, 15) is 4.79 Å². The molecule has 2 rings (SSSR count). The number of carbonyl (C=O) groups is 1. The van der Waals surface area contributed by atoms with E-state index in [1.54, 1.807) is 7.11 Å². The Balaban J connectivity index is 1.85. The molecule has 0 radical (unpaired) electrons. The highest BCUT2D eigenvalue weighted by Crippen LogP contribution is 2.20. The van der Waals surface area contributed by atoms with Crippen molar-refractivity contribution in [3.8, 4) is 11.4 Å². The molecule has 0 spiro atoms. The number of hydrogen-bond acceptors (Lipinski definition) is 5. The summed E-state index contributed by atoms with van der Waals surface area (Å²) in [7, 11) is 1.64. The average molecular weight is 317 g/mol. The molecule has 0 aliphatic rings. The van der Waals surface area contributed by atoms with Crippen LogP contribution in [0.3, 0.4) is 0 Å². The molecule has 1 amide bonds. The lowest BCUT2D eigenvalue weighted by molar-refractivity contribution is -0.121. The molecule has 1 aromatic carbocycles. The third kappa shape index (κ3) is 4.89. The quantitative estimate of drug-likeness (QED) is 0.809. The van der Waals surface area contributed by atoms with Gasteiger partial charge in [-0.2, -0.15) is 4.98 Å². The largest absolute Gasteiger partial charge is 0.380 e. The van der Waals surface area contributed by atoms with Crippen molar-refractivity contribution in [3.63, 3.8) is 0 Å². The van der Waals surface area contributed by atoms with Crippen LogP contribution in [0.4, 0.5) is 0 Å². The second-order valence-electron chi connectivity index (χ2n) is 5.40. The number of methoxy groups -OCH3 is 1. The Bertz CT molecular complexity index is 636. The fourth-order valence-corrected chi connectivity index (χ4v) is 2.22. The van der Waals surface area contributed by atoms with Gasteiger partial charge in [-0.05, 0) is 18.9 Å². The van der Waals surface area contributed by atoms with Crippen LogP contribution in [0, 0.1) is 6.92 Å². The second-order valence-corrected chi connectivity index (χ2v) is 5.40. The number of amides is 1. The summed E-state index contributed by atoms with van der Waals surface area (Å²) in [5, 5.41) is 6.84. The van der Waals surface area contributed by atoms with Crippen LogP contribution >= 0.6 is 0 Å². The zero-order valence-corrected chi connectivity index (χ0v) is 13.8. The van der Waals surface area contributed by atoms with Crippen LogP contribution in [-0.4, -0.2) is 35.8 Å². The maximum atomic E-state index is 11.8. The fraction of sp³-hybridized carbons (Fsp3) is 0.471. The van der Waals surface area contributed by atoms with Crippen molar-refractivity contribution in [3.05, 3.63) is 35.7 Å². The molecule has 6 nitrogen and oxygen atoms in total. The first-order valence-electron chi connectivity index (χ1n) is 7.82. The third-order valence-electron chi connectivity index (χ3n) is 3.74. The molecule has 124 valence electrons. The number of rotatable bonds is 8. The van der Waals surface area contributed by atoms with Gasteiger partial charge in [-0.1, -0.05) is 36.3 Å². The van der Waals surface area contributed by atoms with E-state index in [1.807, 2.05) is 38.1 Å². The topological polar surface area (TPSA) is 77.3 Å². The van der Waals surface area contributed by atoms with Gasteiger partial charge in [-0.3, -0.25) is 4.79 Å². The molecule has 1 aromatic heterocycles. The van der Waals surface area contributed by atoms with Gasteiger partial charge in [0, 0.05) is 32.1 Å². The molecule has 0 aliphatic heterocycles. The molecule has 2 aromatic rings. The molecular formula is C17H23N3O3. The standard InChI is InChI=1S/C17H23N3O3/c1-4-13(22-3)11-18-15(21)9-10-16-19-17(20-23-16)14-8-6-5-7-12(14)2/h5-8,13H,4,9-11H2,1-3H3,(H,18,21)/t13-/m0/s1. The lowest BCUT2D eigenvalue weighted by Gasteiger charge is -2.13. The van der Waals surface area contributed by atoms with Gasteiger partial charge in [0.15, 0.2) is 0 Å². The van der Waals surface area contributed by atoms with Crippen LogP contribution in [0.2, 0.25) is 0 Å². The lowest BCUT2D eigenvalue weighted by Crippen LogP contribution is -2.32. The second kappa shape index (κ2) is 8.43. The summed E-state index contributed by atoms with van der Waals surface area (Å²) in [6.07, 6.45) is 1.65. The Morgan fingerprint density at radius 1 is 1.39 bits per heavy atom. The Labute approximate surface area is 136 Å². The molecule has 0 saturated heterocycles. The summed E-state index contributed by atoms with van der Waals surface area (Å²) in [5.41, 5.74) is 2.03. The number of aromatic nitrogens is 2. The van der Waals surface area contributed by atoms with E-state index in [1.165, 1.54) is 0 Å². The SMILES string of the molecule is CC[C@@H](CNC(=O)CCc1nc(-c2ccccc2C)no1)OC. The summed E-state index contributed by atoms with van der Waals surface area (Å²) in [6, 6.07) is 7.85. The Hall–Kier alpha value is -2.21. The van der Waals surface area contributed by atoms with Gasteiger partial charge in [-0.15, -0.1) is 0 Å². The van der Waals surface area contributed by atoms with Gasteiger partial charge >= 0.3 is 0 Å². The van der Waals surface area contributed by atoms with E-state index in [2.05, 4.69) is 15.5 Å².